The molecule has 13 heteroatoms. The lowest BCUT2D eigenvalue weighted by atomic mass is 9.76. The first-order chi connectivity index (χ1) is 26.9. The molecule has 0 unspecified atom stereocenters. The number of fused-ring (bicyclic) bond motifs is 1. The molecule has 3 aromatic rings. The summed E-state index contributed by atoms with van der Waals surface area (Å²) in [5.41, 5.74) is 0.805. The molecule has 3 aliphatic rings. The number of methoxy groups -OCH3 is 1. The fourth-order valence-corrected chi connectivity index (χ4v) is 9.33. The number of likely N-dealkylation sites (tertiary alicyclic amines) is 2. The van der Waals surface area contributed by atoms with Crippen LogP contribution in [0.3, 0.4) is 0 Å². The zero-order valence-electron chi connectivity index (χ0n) is 34.4. The van der Waals surface area contributed by atoms with Crippen LogP contribution in [0, 0.1) is 22.7 Å². The van der Waals surface area contributed by atoms with Gasteiger partial charge in [-0.15, -0.1) is 0 Å². The van der Waals surface area contributed by atoms with E-state index in [1.165, 1.54) is 0 Å². The van der Waals surface area contributed by atoms with Crippen molar-refractivity contribution in [1.29, 1.82) is 0 Å². The number of ether oxygens (including phenoxy) is 2. The third kappa shape index (κ3) is 9.96. The second-order valence-electron chi connectivity index (χ2n) is 18.1. The number of ketones is 1. The second-order valence-corrected chi connectivity index (χ2v) is 20.1. The van der Waals surface area contributed by atoms with E-state index in [2.05, 4.69) is 4.72 Å². The van der Waals surface area contributed by atoms with E-state index in [-0.39, 0.29) is 43.4 Å². The Kier molecular flexibility index (Phi) is 12.4. The van der Waals surface area contributed by atoms with Gasteiger partial charge in [-0.25, -0.2) is 13.4 Å². The third-order valence-corrected chi connectivity index (χ3v) is 13.5. The third-order valence-electron chi connectivity index (χ3n) is 11.7. The minimum absolute atomic E-state index is 0.00851. The zero-order chi connectivity index (χ0) is 41.3. The SMILES string of the molecule is COc1ccc2c(O[C@@H]3C[C@@H](C(=O)C[C@H](C(=O)NS(=O)(=O)C4CC4)C(C)(C)C)N(C(=O)[C@@H](CC(=O)N4CCCCC4)C(C)(C)C)C3)cc(-c3ccccc3)nc2c1. The number of Topliss-reactive ketones (excluding diaryl/α,β-unsaturated/α-hetero) is 1. The van der Waals surface area contributed by atoms with Gasteiger partial charge in [0.25, 0.3) is 0 Å². The van der Waals surface area contributed by atoms with Crippen LogP contribution in [0.25, 0.3) is 22.2 Å². The fourth-order valence-electron chi connectivity index (χ4n) is 7.98. The summed E-state index contributed by atoms with van der Waals surface area (Å²) < 4.78 is 40.2. The Morgan fingerprint density at radius 2 is 1.54 bits per heavy atom. The molecule has 2 aliphatic heterocycles. The minimum atomic E-state index is -3.85. The van der Waals surface area contributed by atoms with Crippen LogP contribution in [0.4, 0.5) is 0 Å². The molecule has 6 rings (SSSR count). The number of benzene rings is 2. The molecule has 1 N–H and O–H groups in total. The molecule has 12 nitrogen and oxygen atoms in total. The summed E-state index contributed by atoms with van der Waals surface area (Å²) >= 11 is 0. The van der Waals surface area contributed by atoms with Crippen molar-refractivity contribution in [2.45, 2.75) is 110 Å². The fraction of sp³-hybridized carbons (Fsp3) is 0.568. The van der Waals surface area contributed by atoms with Crippen molar-refractivity contribution in [2.24, 2.45) is 22.7 Å². The Morgan fingerprint density at radius 1 is 0.877 bits per heavy atom. The van der Waals surface area contributed by atoms with Gasteiger partial charge in [-0.1, -0.05) is 71.9 Å². The highest BCUT2D eigenvalue weighted by Gasteiger charge is 2.48. The topological polar surface area (TPSA) is 152 Å². The number of sulfonamides is 1. The molecular formula is C44H58N4O8S. The van der Waals surface area contributed by atoms with Crippen LogP contribution in [0.1, 0.15) is 92.9 Å². The number of hydrogen-bond acceptors (Lipinski definition) is 9. The molecule has 3 heterocycles. The van der Waals surface area contributed by atoms with E-state index in [0.29, 0.717) is 48.6 Å². The standard InChI is InChI=1S/C44H58N4O8S/c1-43(2,3)33(41(51)46-57(53,54)31-17-18-31)24-38(49)37-23-30(27-48(37)42(52)34(44(4,5)6)25-40(50)47-20-12-9-13-21-47)56-39-26-35(28-14-10-8-11-15-28)45-36-22-29(55-7)16-19-32(36)39/h8,10-11,14-16,19,22,26,30-31,33-34,37H,9,12-13,17-18,20-21,23-25,27H2,1-7H3,(H,46,51)/t30-,33-,34-,37+/m1/s1. The largest absolute Gasteiger partial charge is 0.497 e. The van der Waals surface area contributed by atoms with Crippen LogP contribution in [0.2, 0.25) is 0 Å². The number of nitrogens with one attached hydrogen (secondary N) is 1. The van der Waals surface area contributed by atoms with Crippen LogP contribution < -0.4 is 14.2 Å². The minimum Gasteiger partial charge on any atom is -0.497 e. The van der Waals surface area contributed by atoms with Crippen molar-refractivity contribution in [2.75, 3.05) is 26.7 Å². The van der Waals surface area contributed by atoms with Crippen molar-refractivity contribution in [3.8, 4) is 22.8 Å². The number of piperidine rings is 1. The molecule has 1 aromatic heterocycles. The number of aromatic nitrogens is 1. The average Bonchev–Trinajstić information content (AvgIpc) is 3.96. The highest BCUT2D eigenvalue weighted by Crippen LogP contribution is 2.39. The number of amides is 3. The highest BCUT2D eigenvalue weighted by molar-refractivity contribution is 7.90. The van der Waals surface area contributed by atoms with Gasteiger partial charge in [0.15, 0.2) is 5.78 Å². The van der Waals surface area contributed by atoms with Gasteiger partial charge in [0.1, 0.15) is 17.6 Å². The van der Waals surface area contributed by atoms with Crippen molar-refractivity contribution in [1.82, 2.24) is 19.5 Å². The summed E-state index contributed by atoms with van der Waals surface area (Å²) in [6.45, 7) is 12.6. The predicted molar refractivity (Wildman–Crippen MR) is 219 cm³/mol. The first kappa shape index (κ1) is 42.1. The van der Waals surface area contributed by atoms with Gasteiger partial charge in [0.05, 0.1) is 48.0 Å². The molecular weight excluding hydrogens is 745 g/mol. The number of hydrogen-bond donors (Lipinski definition) is 1. The van der Waals surface area contributed by atoms with E-state index in [0.717, 1.165) is 30.2 Å². The number of carbonyl (C=O) groups excluding carboxylic acids is 4. The molecule has 0 radical (unpaired) electrons. The Labute approximate surface area is 337 Å². The molecule has 0 spiro atoms. The molecule has 57 heavy (non-hydrogen) atoms. The summed E-state index contributed by atoms with van der Waals surface area (Å²) in [4.78, 5) is 65.1. The first-order valence-corrected chi connectivity index (χ1v) is 21.8. The maximum Gasteiger partial charge on any atom is 0.237 e. The van der Waals surface area contributed by atoms with Crippen LogP contribution in [0.15, 0.2) is 54.6 Å². The number of rotatable bonds is 13. The molecule has 308 valence electrons. The lowest BCUT2D eigenvalue weighted by Gasteiger charge is -2.37. The number of nitrogens with zero attached hydrogens (tertiary/aromatic N) is 3. The summed E-state index contributed by atoms with van der Waals surface area (Å²) in [6, 6.07) is 16.1. The molecule has 4 atom stereocenters. The summed E-state index contributed by atoms with van der Waals surface area (Å²) in [5.74, 6) is -2.05. The monoisotopic (exact) mass is 802 g/mol. The zero-order valence-corrected chi connectivity index (χ0v) is 35.2. The van der Waals surface area contributed by atoms with Crippen LogP contribution in [0.5, 0.6) is 11.5 Å². The number of carbonyl (C=O) groups is 4. The van der Waals surface area contributed by atoms with E-state index in [1.807, 2.05) is 80.3 Å². The van der Waals surface area contributed by atoms with Crippen molar-refractivity contribution < 1.29 is 37.1 Å². The van der Waals surface area contributed by atoms with E-state index in [9.17, 15) is 27.6 Å². The van der Waals surface area contributed by atoms with E-state index >= 15 is 0 Å². The molecule has 3 amide bonds. The van der Waals surface area contributed by atoms with Gasteiger partial charge in [-0.2, -0.15) is 0 Å². The summed E-state index contributed by atoms with van der Waals surface area (Å²) in [5, 5.41) is 0.123. The van der Waals surface area contributed by atoms with E-state index < -0.39 is 56.0 Å². The Morgan fingerprint density at radius 3 is 2.16 bits per heavy atom. The first-order valence-electron chi connectivity index (χ1n) is 20.2. The lowest BCUT2D eigenvalue weighted by Crippen LogP contribution is -2.50. The van der Waals surface area contributed by atoms with Crippen LogP contribution in [-0.4, -0.2) is 90.8 Å². The highest BCUT2D eigenvalue weighted by atomic mass is 32.2. The van der Waals surface area contributed by atoms with Crippen molar-refractivity contribution >= 4 is 44.4 Å². The van der Waals surface area contributed by atoms with Gasteiger partial charge in [-0.05, 0) is 55.1 Å². The Bertz CT molecular complexity index is 2080. The van der Waals surface area contributed by atoms with Crippen LogP contribution >= 0.6 is 0 Å². The van der Waals surface area contributed by atoms with E-state index in [4.69, 9.17) is 14.5 Å². The average molecular weight is 803 g/mol. The molecule has 1 aliphatic carbocycles. The van der Waals surface area contributed by atoms with Gasteiger partial charge in [-0.3, -0.25) is 23.9 Å². The maximum absolute atomic E-state index is 14.9. The quantitative estimate of drug-likeness (QED) is 0.203. The van der Waals surface area contributed by atoms with Crippen molar-refractivity contribution in [3.05, 3.63) is 54.6 Å². The number of pyridine rings is 1. The normalized spacial score (nSPS) is 20.2. The van der Waals surface area contributed by atoms with Gasteiger partial charge in [0.2, 0.25) is 27.7 Å². The molecule has 0 bridgehead atoms. The summed E-state index contributed by atoms with van der Waals surface area (Å²) in [7, 11) is -2.26. The molecule has 2 aromatic carbocycles. The second kappa shape index (κ2) is 16.8. The van der Waals surface area contributed by atoms with Gasteiger partial charge in [0, 0.05) is 55.4 Å². The van der Waals surface area contributed by atoms with Crippen LogP contribution in [-0.2, 0) is 29.2 Å². The lowest BCUT2D eigenvalue weighted by molar-refractivity contribution is -0.148. The van der Waals surface area contributed by atoms with Crippen molar-refractivity contribution in [3.63, 3.8) is 0 Å². The smallest absolute Gasteiger partial charge is 0.237 e. The predicted octanol–water partition coefficient (Wildman–Crippen LogP) is 6.55. The Balaban J connectivity index is 1.34. The Hall–Kier alpha value is -4.52. The summed E-state index contributed by atoms with van der Waals surface area (Å²) in [6.07, 6.45) is 3.14. The van der Waals surface area contributed by atoms with Gasteiger partial charge >= 0.3 is 0 Å². The molecule has 3 fully saturated rings. The molecule has 1 saturated carbocycles. The van der Waals surface area contributed by atoms with Gasteiger partial charge < -0.3 is 19.3 Å². The van der Waals surface area contributed by atoms with E-state index in [1.54, 1.807) is 32.8 Å². The molecule has 2 saturated heterocycles. The maximum atomic E-state index is 14.9.